The number of aromatic nitrogens is 2. The summed E-state index contributed by atoms with van der Waals surface area (Å²) in [5.74, 6) is -0.495. The molecule has 8 heteroatoms. The molecule has 1 aromatic heterocycles. The molecule has 0 unspecified atom stereocenters. The third-order valence-corrected chi connectivity index (χ3v) is 2.89. The first-order valence-electron chi connectivity index (χ1n) is 6.01. The van der Waals surface area contributed by atoms with E-state index >= 15 is 0 Å². The fraction of sp³-hybridized carbons (Fsp3) is 0.231. The number of rotatable bonds is 3. The molecule has 21 heavy (non-hydrogen) atoms. The lowest BCUT2D eigenvalue weighted by Gasteiger charge is -2.10. The largest absolute Gasteiger partial charge is 0.416 e. The van der Waals surface area contributed by atoms with Gasteiger partial charge in [0.05, 0.1) is 17.4 Å². The van der Waals surface area contributed by atoms with Crippen LogP contribution in [0.3, 0.4) is 0 Å². The third-order valence-electron chi connectivity index (χ3n) is 2.89. The highest BCUT2D eigenvalue weighted by molar-refractivity contribution is 5.97. The Labute approximate surface area is 118 Å². The standard InChI is InChI=1S/C13H13F3N4O/c1-20-11(10(17)7-19-20)12(21)18-6-8-3-2-4-9(5-8)13(14,15)16/h2-5,7H,6,17H2,1H3,(H,18,21). The Hall–Kier alpha value is -2.51. The highest BCUT2D eigenvalue weighted by atomic mass is 19.4. The smallest absolute Gasteiger partial charge is 0.396 e. The summed E-state index contributed by atoms with van der Waals surface area (Å²) < 4.78 is 39.0. The Kier molecular flexibility index (Phi) is 3.88. The summed E-state index contributed by atoms with van der Waals surface area (Å²) in [6.07, 6.45) is -3.08. The van der Waals surface area contributed by atoms with E-state index in [1.54, 1.807) is 7.05 Å². The lowest BCUT2D eigenvalue weighted by molar-refractivity contribution is -0.137. The number of nitrogens with two attached hydrogens (primary N) is 1. The lowest BCUT2D eigenvalue weighted by Crippen LogP contribution is -2.26. The molecular weight excluding hydrogens is 285 g/mol. The van der Waals surface area contributed by atoms with Crippen molar-refractivity contribution in [1.29, 1.82) is 0 Å². The van der Waals surface area contributed by atoms with Gasteiger partial charge in [-0.05, 0) is 17.7 Å². The summed E-state index contributed by atoms with van der Waals surface area (Å²) in [6.45, 7) is -0.0344. The van der Waals surface area contributed by atoms with E-state index in [-0.39, 0.29) is 17.9 Å². The summed E-state index contributed by atoms with van der Waals surface area (Å²) in [5, 5.41) is 6.34. The number of carbonyl (C=O) groups excluding carboxylic acids is 1. The van der Waals surface area contributed by atoms with Crippen LogP contribution in [0.15, 0.2) is 30.5 Å². The third kappa shape index (κ3) is 3.33. The summed E-state index contributed by atoms with van der Waals surface area (Å²) in [4.78, 5) is 11.9. The number of nitrogens with zero attached hydrogens (tertiary/aromatic N) is 2. The average molecular weight is 298 g/mol. The maximum atomic E-state index is 12.6. The van der Waals surface area contributed by atoms with E-state index in [0.717, 1.165) is 12.1 Å². The number of amides is 1. The Morgan fingerprint density at radius 2 is 2.14 bits per heavy atom. The molecule has 0 radical (unpaired) electrons. The number of halogens is 3. The van der Waals surface area contributed by atoms with Crippen molar-refractivity contribution in [2.24, 2.45) is 7.05 Å². The van der Waals surface area contributed by atoms with Gasteiger partial charge >= 0.3 is 6.18 Å². The van der Waals surface area contributed by atoms with Crippen LogP contribution < -0.4 is 11.1 Å². The zero-order valence-corrected chi connectivity index (χ0v) is 11.1. The summed E-state index contributed by atoms with van der Waals surface area (Å²) in [5.41, 5.74) is 5.57. The lowest BCUT2D eigenvalue weighted by atomic mass is 10.1. The number of anilines is 1. The van der Waals surface area contributed by atoms with Crippen LogP contribution >= 0.6 is 0 Å². The maximum Gasteiger partial charge on any atom is 0.416 e. The van der Waals surface area contributed by atoms with Crippen LogP contribution in [-0.2, 0) is 19.8 Å². The molecule has 0 fully saturated rings. The highest BCUT2D eigenvalue weighted by Gasteiger charge is 2.30. The Morgan fingerprint density at radius 1 is 1.43 bits per heavy atom. The van der Waals surface area contributed by atoms with E-state index in [4.69, 9.17) is 5.73 Å². The van der Waals surface area contributed by atoms with Crippen molar-refractivity contribution in [3.8, 4) is 0 Å². The van der Waals surface area contributed by atoms with E-state index in [1.807, 2.05) is 0 Å². The van der Waals surface area contributed by atoms with Gasteiger partial charge in [-0.3, -0.25) is 9.48 Å². The fourth-order valence-corrected chi connectivity index (χ4v) is 1.86. The molecule has 1 heterocycles. The molecule has 3 N–H and O–H groups in total. The first-order valence-corrected chi connectivity index (χ1v) is 6.01. The van der Waals surface area contributed by atoms with Crippen LogP contribution in [-0.4, -0.2) is 15.7 Å². The van der Waals surface area contributed by atoms with Gasteiger partial charge in [0, 0.05) is 13.6 Å². The fourth-order valence-electron chi connectivity index (χ4n) is 1.86. The molecule has 0 spiro atoms. The van der Waals surface area contributed by atoms with Crippen LogP contribution in [0, 0.1) is 0 Å². The second-order valence-corrected chi connectivity index (χ2v) is 4.45. The molecule has 1 amide bonds. The molecule has 0 saturated heterocycles. The Morgan fingerprint density at radius 3 is 2.71 bits per heavy atom. The van der Waals surface area contributed by atoms with Crippen LogP contribution in [0.1, 0.15) is 21.6 Å². The molecule has 0 saturated carbocycles. The van der Waals surface area contributed by atoms with Gasteiger partial charge in [-0.25, -0.2) is 0 Å². The second kappa shape index (κ2) is 5.47. The molecule has 0 aliphatic rings. The first-order chi connectivity index (χ1) is 9.79. The molecule has 2 rings (SSSR count). The molecule has 112 valence electrons. The van der Waals surface area contributed by atoms with Crippen molar-refractivity contribution in [2.75, 3.05) is 5.73 Å². The van der Waals surface area contributed by atoms with Gasteiger partial charge in [0.2, 0.25) is 0 Å². The number of alkyl halides is 3. The topological polar surface area (TPSA) is 72.9 Å². The molecule has 0 aliphatic heterocycles. The number of carbonyl (C=O) groups is 1. The summed E-state index contributed by atoms with van der Waals surface area (Å²) in [7, 11) is 1.55. The van der Waals surface area contributed by atoms with E-state index < -0.39 is 17.6 Å². The van der Waals surface area contributed by atoms with E-state index in [9.17, 15) is 18.0 Å². The number of hydrogen-bond donors (Lipinski definition) is 2. The zero-order valence-electron chi connectivity index (χ0n) is 11.1. The van der Waals surface area contributed by atoms with Gasteiger partial charge in [0.25, 0.3) is 5.91 Å². The summed E-state index contributed by atoms with van der Waals surface area (Å²) in [6, 6.07) is 4.77. The van der Waals surface area contributed by atoms with Crippen LogP contribution in [0.2, 0.25) is 0 Å². The van der Waals surface area contributed by atoms with Crippen LogP contribution in [0.25, 0.3) is 0 Å². The Balaban J connectivity index is 2.09. The van der Waals surface area contributed by atoms with Gasteiger partial charge in [0.1, 0.15) is 5.69 Å². The first kappa shape index (κ1) is 14.9. The molecule has 2 aromatic rings. The van der Waals surface area contributed by atoms with Crippen LogP contribution in [0.5, 0.6) is 0 Å². The predicted molar refractivity (Wildman–Crippen MR) is 70.2 cm³/mol. The van der Waals surface area contributed by atoms with Gasteiger partial charge < -0.3 is 11.1 Å². The van der Waals surface area contributed by atoms with Crippen molar-refractivity contribution in [3.05, 3.63) is 47.3 Å². The summed E-state index contributed by atoms with van der Waals surface area (Å²) >= 11 is 0. The number of benzene rings is 1. The molecular formula is C13H13F3N4O. The molecule has 1 aromatic carbocycles. The van der Waals surface area contributed by atoms with Crippen molar-refractivity contribution in [2.45, 2.75) is 12.7 Å². The van der Waals surface area contributed by atoms with Gasteiger partial charge in [-0.15, -0.1) is 0 Å². The molecule has 0 bridgehead atoms. The molecule has 0 aliphatic carbocycles. The van der Waals surface area contributed by atoms with E-state index in [1.165, 1.54) is 23.0 Å². The zero-order chi connectivity index (χ0) is 15.6. The SMILES string of the molecule is Cn1ncc(N)c1C(=O)NCc1cccc(C(F)(F)F)c1. The quantitative estimate of drug-likeness (QED) is 0.909. The van der Waals surface area contributed by atoms with E-state index in [0.29, 0.717) is 5.56 Å². The predicted octanol–water partition coefficient (Wildman–Crippen LogP) is 1.95. The minimum Gasteiger partial charge on any atom is -0.396 e. The average Bonchev–Trinajstić information content (AvgIpc) is 2.75. The van der Waals surface area contributed by atoms with Gasteiger partial charge in [-0.2, -0.15) is 18.3 Å². The van der Waals surface area contributed by atoms with Crippen molar-refractivity contribution < 1.29 is 18.0 Å². The molecule has 5 nitrogen and oxygen atoms in total. The number of aryl methyl sites for hydroxylation is 1. The minimum absolute atomic E-state index is 0.0344. The maximum absolute atomic E-state index is 12.6. The number of hydrogen-bond acceptors (Lipinski definition) is 3. The Bertz CT molecular complexity index is 644. The second-order valence-electron chi connectivity index (χ2n) is 4.45. The van der Waals surface area contributed by atoms with Crippen molar-refractivity contribution >= 4 is 11.6 Å². The molecule has 0 atom stereocenters. The van der Waals surface area contributed by atoms with Crippen molar-refractivity contribution in [3.63, 3.8) is 0 Å². The number of nitrogens with one attached hydrogen (secondary N) is 1. The minimum atomic E-state index is -4.41. The van der Waals surface area contributed by atoms with Crippen LogP contribution in [0.4, 0.5) is 18.9 Å². The number of nitrogen functional groups attached to an aromatic ring is 1. The monoisotopic (exact) mass is 298 g/mol. The highest BCUT2D eigenvalue weighted by Crippen LogP contribution is 2.29. The normalized spacial score (nSPS) is 11.4. The van der Waals surface area contributed by atoms with E-state index in [2.05, 4.69) is 10.4 Å². The van der Waals surface area contributed by atoms with Gasteiger partial charge in [-0.1, -0.05) is 12.1 Å². The van der Waals surface area contributed by atoms with Crippen molar-refractivity contribution in [1.82, 2.24) is 15.1 Å². The van der Waals surface area contributed by atoms with Gasteiger partial charge in [0.15, 0.2) is 0 Å².